The number of nitrogens with one attached hydrogen (secondary N) is 1. The summed E-state index contributed by atoms with van der Waals surface area (Å²) in [5.41, 5.74) is 7.28. The van der Waals surface area contributed by atoms with Gasteiger partial charge in [-0.05, 0) is 87.9 Å². The first-order valence-electron chi connectivity index (χ1n) is 9.67. The van der Waals surface area contributed by atoms with E-state index in [9.17, 15) is 0 Å². The maximum absolute atomic E-state index is 4.57. The van der Waals surface area contributed by atoms with E-state index in [4.69, 9.17) is 0 Å². The first-order valence-corrected chi connectivity index (χ1v) is 9.67. The molecule has 3 heterocycles. The Hall–Kier alpha value is -2.20. The molecule has 1 aliphatic rings. The third-order valence-electron chi connectivity index (χ3n) is 5.34. The largest absolute Gasteiger partial charge is 0.342 e. The van der Waals surface area contributed by atoms with Crippen LogP contribution in [0.4, 0.5) is 0 Å². The van der Waals surface area contributed by atoms with E-state index in [1.54, 1.807) is 0 Å². The Labute approximate surface area is 155 Å². The van der Waals surface area contributed by atoms with Crippen molar-refractivity contribution < 1.29 is 0 Å². The number of piperidine rings is 1. The van der Waals surface area contributed by atoms with E-state index in [1.807, 2.05) is 6.92 Å². The van der Waals surface area contributed by atoms with Crippen LogP contribution in [0, 0.1) is 26.7 Å². The minimum Gasteiger partial charge on any atom is -0.342 e. The molecule has 1 saturated heterocycles. The normalized spacial score (nSPS) is 18.5. The zero-order chi connectivity index (χ0) is 18.1. The predicted molar refractivity (Wildman–Crippen MR) is 106 cm³/mol. The molecule has 4 heteroatoms. The number of aromatic nitrogens is 3. The molecule has 136 valence electrons. The fourth-order valence-electron chi connectivity index (χ4n) is 4.37. The van der Waals surface area contributed by atoms with Crippen LogP contribution >= 0.6 is 0 Å². The average molecular weight is 348 g/mol. The van der Waals surface area contributed by atoms with Crippen molar-refractivity contribution in [3.05, 3.63) is 58.7 Å². The molecule has 0 saturated carbocycles. The molecule has 3 aromatic rings. The van der Waals surface area contributed by atoms with Crippen LogP contribution in [0.3, 0.4) is 0 Å². The van der Waals surface area contributed by atoms with Gasteiger partial charge in [0.25, 0.3) is 0 Å². The van der Waals surface area contributed by atoms with Gasteiger partial charge in [-0.1, -0.05) is 6.07 Å². The zero-order valence-electron chi connectivity index (χ0n) is 16.0. The Morgan fingerprint density at radius 3 is 2.65 bits per heavy atom. The highest BCUT2D eigenvalue weighted by atomic mass is 15.1. The molecule has 2 aromatic heterocycles. The molecular weight excluding hydrogens is 320 g/mol. The van der Waals surface area contributed by atoms with Crippen molar-refractivity contribution in [2.45, 2.75) is 46.6 Å². The van der Waals surface area contributed by atoms with Crippen LogP contribution in [0.5, 0.6) is 0 Å². The molecule has 1 atom stereocenters. The number of aromatic amines is 1. The number of pyridine rings is 1. The first kappa shape index (κ1) is 17.2. The van der Waals surface area contributed by atoms with Crippen LogP contribution < -0.4 is 0 Å². The standard InChI is InChI=1S/C22H28N4/c1-15-9-20(10-16(2)23-15)11-18-5-4-8-26(13-18)14-19-6-7-21-22(12-19)25-17(3)24-21/h6-7,9-10,12,18H,4-5,8,11,13-14H2,1-3H3,(H,24,25)/t18-/m1/s1. The van der Waals surface area contributed by atoms with Gasteiger partial charge in [-0.25, -0.2) is 4.98 Å². The summed E-state index contributed by atoms with van der Waals surface area (Å²) < 4.78 is 0. The second-order valence-corrected chi connectivity index (χ2v) is 7.88. The van der Waals surface area contributed by atoms with Crippen molar-refractivity contribution >= 4 is 11.0 Å². The number of likely N-dealkylation sites (tertiary alicyclic amines) is 1. The van der Waals surface area contributed by atoms with Crippen LogP contribution in [0.2, 0.25) is 0 Å². The Bertz CT molecular complexity index is 891. The topological polar surface area (TPSA) is 44.8 Å². The number of benzene rings is 1. The molecule has 26 heavy (non-hydrogen) atoms. The van der Waals surface area contributed by atoms with Crippen molar-refractivity contribution in [2.75, 3.05) is 13.1 Å². The monoisotopic (exact) mass is 348 g/mol. The number of H-pyrrole nitrogens is 1. The summed E-state index contributed by atoms with van der Waals surface area (Å²) in [5, 5.41) is 0. The number of fused-ring (bicyclic) bond motifs is 1. The van der Waals surface area contributed by atoms with Gasteiger partial charge in [0.1, 0.15) is 5.82 Å². The summed E-state index contributed by atoms with van der Waals surface area (Å²) in [6.07, 6.45) is 3.78. The molecule has 0 radical (unpaired) electrons. The van der Waals surface area contributed by atoms with Gasteiger partial charge in [-0.15, -0.1) is 0 Å². The minimum absolute atomic E-state index is 0.737. The van der Waals surface area contributed by atoms with Gasteiger partial charge >= 0.3 is 0 Å². The maximum atomic E-state index is 4.57. The van der Waals surface area contributed by atoms with Crippen LogP contribution in [0.15, 0.2) is 30.3 Å². The Balaban J connectivity index is 1.42. The fraction of sp³-hybridized carbons (Fsp3) is 0.455. The summed E-state index contributed by atoms with van der Waals surface area (Å²) in [5.74, 6) is 1.72. The number of imidazole rings is 1. The molecule has 0 aliphatic carbocycles. The second kappa shape index (κ2) is 7.20. The van der Waals surface area contributed by atoms with Crippen molar-refractivity contribution in [1.82, 2.24) is 19.9 Å². The maximum Gasteiger partial charge on any atom is 0.104 e. The number of nitrogens with zero attached hydrogens (tertiary/aromatic N) is 3. The van der Waals surface area contributed by atoms with Gasteiger partial charge in [0, 0.05) is 24.5 Å². The smallest absolute Gasteiger partial charge is 0.104 e. The predicted octanol–water partition coefficient (Wildman–Crippen LogP) is 4.34. The SMILES string of the molecule is Cc1cc(C[C@H]2CCCN(Cc3ccc4[nH]c(C)nc4c3)C2)cc(C)n1. The minimum atomic E-state index is 0.737. The molecule has 0 amide bonds. The first-order chi connectivity index (χ1) is 12.5. The van der Waals surface area contributed by atoms with Gasteiger partial charge in [0.15, 0.2) is 0 Å². The molecule has 4 rings (SSSR count). The summed E-state index contributed by atoms with van der Waals surface area (Å²) >= 11 is 0. The molecule has 1 fully saturated rings. The Morgan fingerprint density at radius 1 is 1.04 bits per heavy atom. The van der Waals surface area contributed by atoms with E-state index in [2.05, 4.69) is 64.0 Å². The molecule has 0 unspecified atom stereocenters. The highest BCUT2D eigenvalue weighted by Gasteiger charge is 2.20. The van der Waals surface area contributed by atoms with Crippen LogP contribution in [-0.2, 0) is 13.0 Å². The molecular formula is C22H28N4. The zero-order valence-corrected chi connectivity index (χ0v) is 16.0. The van der Waals surface area contributed by atoms with Crippen LogP contribution in [-0.4, -0.2) is 32.9 Å². The Morgan fingerprint density at radius 2 is 1.85 bits per heavy atom. The van der Waals surface area contributed by atoms with Crippen LogP contribution in [0.25, 0.3) is 11.0 Å². The van der Waals surface area contributed by atoms with E-state index in [0.717, 1.165) is 47.1 Å². The molecule has 4 nitrogen and oxygen atoms in total. The van der Waals surface area contributed by atoms with Gasteiger partial charge in [0.05, 0.1) is 11.0 Å². The van der Waals surface area contributed by atoms with E-state index < -0.39 is 0 Å². The number of aryl methyl sites for hydroxylation is 3. The van der Waals surface area contributed by atoms with Crippen molar-refractivity contribution in [2.24, 2.45) is 5.92 Å². The number of rotatable bonds is 4. The highest BCUT2D eigenvalue weighted by Crippen LogP contribution is 2.23. The molecule has 0 spiro atoms. The van der Waals surface area contributed by atoms with Gasteiger partial charge < -0.3 is 4.98 Å². The Kier molecular flexibility index (Phi) is 4.77. The third-order valence-corrected chi connectivity index (χ3v) is 5.34. The lowest BCUT2D eigenvalue weighted by Crippen LogP contribution is -2.35. The van der Waals surface area contributed by atoms with E-state index >= 15 is 0 Å². The third kappa shape index (κ3) is 3.96. The lowest BCUT2D eigenvalue weighted by molar-refractivity contribution is 0.167. The quantitative estimate of drug-likeness (QED) is 0.763. The van der Waals surface area contributed by atoms with Gasteiger partial charge in [-0.2, -0.15) is 0 Å². The van der Waals surface area contributed by atoms with Gasteiger partial charge in [0.2, 0.25) is 0 Å². The van der Waals surface area contributed by atoms with Crippen molar-refractivity contribution in [1.29, 1.82) is 0 Å². The van der Waals surface area contributed by atoms with Crippen molar-refractivity contribution in [3.8, 4) is 0 Å². The lowest BCUT2D eigenvalue weighted by atomic mass is 9.91. The second-order valence-electron chi connectivity index (χ2n) is 7.88. The number of hydrogen-bond donors (Lipinski definition) is 1. The fourth-order valence-corrected chi connectivity index (χ4v) is 4.37. The molecule has 1 aliphatic heterocycles. The summed E-state index contributed by atoms with van der Waals surface area (Å²) in [7, 11) is 0. The average Bonchev–Trinajstić information content (AvgIpc) is 2.93. The highest BCUT2D eigenvalue weighted by molar-refractivity contribution is 5.75. The molecule has 1 aromatic carbocycles. The van der Waals surface area contributed by atoms with Gasteiger partial charge in [-0.3, -0.25) is 9.88 Å². The number of hydrogen-bond acceptors (Lipinski definition) is 3. The van der Waals surface area contributed by atoms with E-state index in [0.29, 0.717) is 0 Å². The summed E-state index contributed by atoms with van der Waals surface area (Å²) in [4.78, 5) is 15.0. The molecule has 0 bridgehead atoms. The molecule has 1 N–H and O–H groups in total. The summed E-state index contributed by atoms with van der Waals surface area (Å²) in [6, 6.07) is 11.1. The summed E-state index contributed by atoms with van der Waals surface area (Å²) in [6.45, 7) is 9.60. The van der Waals surface area contributed by atoms with Crippen LogP contribution in [0.1, 0.15) is 41.2 Å². The van der Waals surface area contributed by atoms with Crippen molar-refractivity contribution in [3.63, 3.8) is 0 Å². The van der Waals surface area contributed by atoms with E-state index in [-0.39, 0.29) is 0 Å². The lowest BCUT2D eigenvalue weighted by Gasteiger charge is -2.33. The van der Waals surface area contributed by atoms with E-state index in [1.165, 1.54) is 37.1 Å².